The molecular weight excluding hydrogens is 368 g/mol. The molecule has 3 aliphatic carbocycles. The maximum absolute atomic E-state index is 13.8. The molecule has 2 nitrogen and oxygen atoms in total. The van der Waals surface area contributed by atoms with Crippen molar-refractivity contribution in [1.29, 1.82) is 0 Å². The topological polar surface area (TPSA) is 34.1 Å². The van der Waals surface area contributed by atoms with Crippen molar-refractivity contribution < 1.29 is 9.59 Å². The molecule has 0 radical (unpaired) electrons. The minimum absolute atomic E-state index is 0.193. The van der Waals surface area contributed by atoms with Crippen LogP contribution in [-0.2, 0) is 9.59 Å². The molecular formula is C28H48O2. The van der Waals surface area contributed by atoms with Gasteiger partial charge in [0.1, 0.15) is 11.6 Å². The maximum Gasteiger partial charge on any atom is 0.146 e. The highest BCUT2D eigenvalue weighted by molar-refractivity contribution is 6.04. The van der Waals surface area contributed by atoms with Crippen LogP contribution in [0.5, 0.6) is 0 Å². The molecule has 30 heavy (non-hydrogen) atoms. The number of hydrogen-bond acceptors (Lipinski definition) is 2. The Morgan fingerprint density at radius 1 is 0.767 bits per heavy atom. The summed E-state index contributed by atoms with van der Waals surface area (Å²) in [5, 5.41) is 0. The van der Waals surface area contributed by atoms with E-state index >= 15 is 0 Å². The van der Waals surface area contributed by atoms with Crippen molar-refractivity contribution in [3.05, 3.63) is 0 Å². The first kappa shape index (κ1) is 24.0. The van der Waals surface area contributed by atoms with Crippen molar-refractivity contribution in [2.24, 2.45) is 35.5 Å². The molecule has 3 aliphatic rings. The van der Waals surface area contributed by atoms with E-state index in [1.807, 2.05) is 0 Å². The third-order valence-electron chi connectivity index (χ3n) is 8.88. The van der Waals surface area contributed by atoms with Crippen LogP contribution in [0.3, 0.4) is 0 Å². The van der Waals surface area contributed by atoms with Crippen LogP contribution in [0.1, 0.15) is 129 Å². The first-order valence-electron chi connectivity index (χ1n) is 13.7. The predicted molar refractivity (Wildman–Crippen MR) is 125 cm³/mol. The zero-order valence-corrected chi connectivity index (χ0v) is 20.0. The summed E-state index contributed by atoms with van der Waals surface area (Å²) in [6.45, 7) is 4.49. The number of rotatable bonds is 10. The Morgan fingerprint density at radius 2 is 1.43 bits per heavy atom. The van der Waals surface area contributed by atoms with Crippen molar-refractivity contribution in [1.82, 2.24) is 0 Å². The van der Waals surface area contributed by atoms with Gasteiger partial charge in [-0.15, -0.1) is 0 Å². The van der Waals surface area contributed by atoms with Gasteiger partial charge in [-0.25, -0.2) is 0 Å². The van der Waals surface area contributed by atoms with E-state index in [2.05, 4.69) is 13.8 Å². The molecule has 0 aromatic carbocycles. The fraction of sp³-hybridized carbons (Fsp3) is 0.929. The number of ketones is 2. The summed E-state index contributed by atoms with van der Waals surface area (Å²) < 4.78 is 0. The van der Waals surface area contributed by atoms with Gasteiger partial charge in [0.05, 0.1) is 5.92 Å². The molecule has 3 unspecified atom stereocenters. The Hall–Kier alpha value is -0.660. The highest BCUT2D eigenvalue weighted by Gasteiger charge is 2.43. The third-order valence-corrected chi connectivity index (χ3v) is 8.88. The zero-order valence-electron chi connectivity index (χ0n) is 20.0. The first-order chi connectivity index (χ1) is 14.6. The standard InChI is InChI=1S/C28H48O2/c1-3-5-7-11-21-14-17-24(18-15-21)27(23-12-8-6-9-13-23)28(30)25-19-16-22(10-4-2)20-26(25)29/h21-25,27H,3-20H2,1-2H3. The second-order valence-electron chi connectivity index (χ2n) is 11.1. The number of carbonyl (C=O) groups is 2. The minimum atomic E-state index is -0.257. The summed E-state index contributed by atoms with van der Waals surface area (Å²) in [7, 11) is 0. The summed E-state index contributed by atoms with van der Waals surface area (Å²) in [5.74, 6) is 3.17. The van der Waals surface area contributed by atoms with Gasteiger partial charge in [-0.2, -0.15) is 0 Å². The molecule has 0 heterocycles. The first-order valence-corrected chi connectivity index (χ1v) is 13.7. The average Bonchev–Trinajstić information content (AvgIpc) is 2.76. The highest BCUT2D eigenvalue weighted by Crippen LogP contribution is 2.45. The van der Waals surface area contributed by atoms with Crippen LogP contribution >= 0.6 is 0 Å². The molecule has 0 amide bonds. The van der Waals surface area contributed by atoms with Crippen LogP contribution in [-0.4, -0.2) is 11.6 Å². The molecule has 0 spiro atoms. The van der Waals surface area contributed by atoms with E-state index in [1.54, 1.807) is 0 Å². The van der Waals surface area contributed by atoms with E-state index in [1.165, 1.54) is 83.5 Å². The van der Waals surface area contributed by atoms with E-state index in [0.717, 1.165) is 31.6 Å². The molecule has 3 atom stereocenters. The van der Waals surface area contributed by atoms with Crippen molar-refractivity contribution in [2.75, 3.05) is 0 Å². The SMILES string of the molecule is CCCCCC1CCC(C(C(=O)C2CCC(CCC)CC2=O)C2CCCCC2)CC1. The van der Waals surface area contributed by atoms with Crippen molar-refractivity contribution in [3.63, 3.8) is 0 Å². The normalized spacial score (nSPS) is 32.1. The number of Topliss-reactive ketones (excluding diaryl/α,β-unsaturated/α-hetero) is 2. The fourth-order valence-corrected chi connectivity index (χ4v) is 7.14. The Morgan fingerprint density at radius 3 is 2.07 bits per heavy atom. The Balaban J connectivity index is 1.63. The molecule has 0 bridgehead atoms. The van der Waals surface area contributed by atoms with Crippen LogP contribution in [0.15, 0.2) is 0 Å². The lowest BCUT2D eigenvalue weighted by atomic mass is 9.63. The fourth-order valence-electron chi connectivity index (χ4n) is 7.14. The van der Waals surface area contributed by atoms with Crippen LogP contribution < -0.4 is 0 Å². The lowest BCUT2D eigenvalue weighted by Gasteiger charge is -2.40. The van der Waals surface area contributed by atoms with Gasteiger partial charge in [-0.1, -0.05) is 84.5 Å². The lowest BCUT2D eigenvalue weighted by Crippen LogP contribution is -2.42. The van der Waals surface area contributed by atoms with Crippen molar-refractivity contribution in [3.8, 4) is 0 Å². The van der Waals surface area contributed by atoms with Crippen LogP contribution in [0.25, 0.3) is 0 Å². The minimum Gasteiger partial charge on any atom is -0.299 e. The van der Waals surface area contributed by atoms with Gasteiger partial charge in [0.2, 0.25) is 0 Å². The number of unbranched alkanes of at least 4 members (excludes halogenated alkanes) is 2. The van der Waals surface area contributed by atoms with Gasteiger partial charge in [-0.3, -0.25) is 9.59 Å². The van der Waals surface area contributed by atoms with Gasteiger partial charge >= 0.3 is 0 Å². The van der Waals surface area contributed by atoms with E-state index in [0.29, 0.717) is 35.7 Å². The Kier molecular flexibility index (Phi) is 9.91. The number of carbonyl (C=O) groups excluding carboxylic acids is 2. The van der Waals surface area contributed by atoms with E-state index in [4.69, 9.17) is 0 Å². The molecule has 0 aliphatic heterocycles. The Labute approximate surface area is 186 Å². The number of hydrogen-bond donors (Lipinski definition) is 0. The molecule has 0 aromatic heterocycles. The smallest absolute Gasteiger partial charge is 0.146 e. The summed E-state index contributed by atoms with van der Waals surface area (Å²) in [5.41, 5.74) is 0. The van der Waals surface area contributed by atoms with Gasteiger partial charge in [0.25, 0.3) is 0 Å². The molecule has 0 aromatic rings. The largest absolute Gasteiger partial charge is 0.299 e. The van der Waals surface area contributed by atoms with Gasteiger partial charge in [0.15, 0.2) is 0 Å². The molecule has 0 N–H and O–H groups in total. The second kappa shape index (κ2) is 12.4. The maximum atomic E-state index is 13.8. The van der Waals surface area contributed by atoms with Crippen LogP contribution in [0.2, 0.25) is 0 Å². The van der Waals surface area contributed by atoms with Crippen LogP contribution in [0, 0.1) is 35.5 Å². The third kappa shape index (κ3) is 6.42. The average molecular weight is 417 g/mol. The predicted octanol–water partition coefficient (Wildman–Crippen LogP) is 7.92. The Bertz CT molecular complexity index is 525. The van der Waals surface area contributed by atoms with Crippen LogP contribution in [0.4, 0.5) is 0 Å². The summed E-state index contributed by atoms with van der Waals surface area (Å²) >= 11 is 0. The van der Waals surface area contributed by atoms with Gasteiger partial charge in [-0.05, 0) is 62.2 Å². The molecule has 2 heteroatoms. The van der Waals surface area contributed by atoms with Crippen molar-refractivity contribution in [2.45, 2.75) is 129 Å². The molecule has 172 valence electrons. The quantitative estimate of drug-likeness (QED) is 0.268. The molecule has 3 rings (SSSR count). The monoisotopic (exact) mass is 416 g/mol. The van der Waals surface area contributed by atoms with Gasteiger partial charge in [0, 0.05) is 12.3 Å². The molecule has 3 fully saturated rings. The van der Waals surface area contributed by atoms with E-state index < -0.39 is 0 Å². The zero-order chi connectivity index (χ0) is 21.3. The van der Waals surface area contributed by atoms with Gasteiger partial charge < -0.3 is 0 Å². The summed E-state index contributed by atoms with van der Waals surface area (Å²) in [4.78, 5) is 26.8. The molecule has 0 saturated heterocycles. The second-order valence-corrected chi connectivity index (χ2v) is 11.1. The van der Waals surface area contributed by atoms with E-state index in [-0.39, 0.29) is 11.8 Å². The van der Waals surface area contributed by atoms with Crippen molar-refractivity contribution >= 4 is 11.6 Å². The lowest BCUT2D eigenvalue weighted by molar-refractivity contribution is -0.141. The highest BCUT2D eigenvalue weighted by atomic mass is 16.2. The summed E-state index contributed by atoms with van der Waals surface area (Å²) in [6, 6.07) is 0. The van der Waals surface area contributed by atoms with E-state index in [9.17, 15) is 9.59 Å². The molecule has 3 saturated carbocycles. The summed E-state index contributed by atoms with van der Waals surface area (Å²) in [6.07, 6.45) is 21.9.